The van der Waals surface area contributed by atoms with E-state index < -0.39 is 5.97 Å². The molecule has 0 saturated carbocycles. The lowest BCUT2D eigenvalue weighted by Gasteiger charge is -2.14. The molecular weight excluding hydrogens is 494 g/mol. The normalized spacial score (nSPS) is 14.8. The van der Waals surface area contributed by atoms with Crippen LogP contribution in [0, 0.1) is 12.8 Å². The topological polar surface area (TPSA) is 87.5 Å². The van der Waals surface area contributed by atoms with Crippen molar-refractivity contribution in [3.8, 4) is 22.7 Å². The van der Waals surface area contributed by atoms with Crippen LogP contribution in [0.5, 0.6) is 5.75 Å². The number of carboxylic acids is 1. The number of ether oxygens (including phenoxy) is 1. The molecule has 0 unspecified atom stereocenters. The summed E-state index contributed by atoms with van der Waals surface area (Å²) in [6.07, 6.45) is 3.36. The molecule has 1 saturated heterocycles. The largest absolute Gasteiger partial charge is 0.550 e. The molecule has 2 aromatic carbocycles. The van der Waals surface area contributed by atoms with Crippen molar-refractivity contribution in [2.24, 2.45) is 5.92 Å². The number of carbonyl (C=O) groups excluding carboxylic acids is 2. The molecule has 1 aromatic heterocycles. The zero-order valence-corrected chi connectivity index (χ0v) is 21.9. The Balaban J connectivity index is 1.72. The average Bonchev–Trinajstić information content (AvgIpc) is 3.38. The third-order valence-electron chi connectivity index (χ3n) is 5.48. The van der Waals surface area contributed by atoms with Crippen molar-refractivity contribution in [1.82, 2.24) is 14.7 Å². The van der Waals surface area contributed by atoms with Crippen LogP contribution in [0.15, 0.2) is 59.6 Å². The summed E-state index contributed by atoms with van der Waals surface area (Å²) in [7, 11) is 0. The van der Waals surface area contributed by atoms with Crippen LogP contribution < -0.4 is 9.84 Å². The molecule has 36 heavy (non-hydrogen) atoms. The molecular formula is C27H26N3O4S2-. The third kappa shape index (κ3) is 5.85. The maximum absolute atomic E-state index is 13.0. The second-order valence-electron chi connectivity index (χ2n) is 8.85. The van der Waals surface area contributed by atoms with Gasteiger partial charge in [-0.2, -0.15) is 5.10 Å². The Bertz CT molecular complexity index is 1330. The van der Waals surface area contributed by atoms with Crippen LogP contribution in [0.2, 0.25) is 0 Å². The lowest BCUT2D eigenvalue weighted by atomic mass is 10.0. The van der Waals surface area contributed by atoms with Gasteiger partial charge in [-0.25, -0.2) is 4.68 Å². The van der Waals surface area contributed by atoms with Gasteiger partial charge in [0.2, 0.25) is 0 Å². The van der Waals surface area contributed by atoms with E-state index in [0.29, 0.717) is 27.4 Å². The molecule has 0 radical (unpaired) electrons. The van der Waals surface area contributed by atoms with Gasteiger partial charge in [-0.3, -0.25) is 9.69 Å². The number of amides is 1. The molecule has 0 spiro atoms. The fourth-order valence-electron chi connectivity index (χ4n) is 3.68. The summed E-state index contributed by atoms with van der Waals surface area (Å²) in [6.45, 7) is 6.82. The van der Waals surface area contributed by atoms with Gasteiger partial charge in [-0.1, -0.05) is 56.0 Å². The predicted octanol–water partition coefficient (Wildman–Crippen LogP) is 4.22. The standard InChI is InChI=1S/C27H27N3O4S2/c1-17(2)16-34-22-10-9-19(13-18(22)3)25-20(15-30(28-25)21-7-5-4-6-8-21)14-23-26(33)29(27(35)36-23)12-11-24(31)32/h4-10,13-15,17H,11-12,16H2,1-3H3,(H,31,32)/p-1/b23-14-. The summed E-state index contributed by atoms with van der Waals surface area (Å²) in [6, 6.07) is 15.6. The molecule has 3 aromatic rings. The summed E-state index contributed by atoms with van der Waals surface area (Å²) in [5.41, 5.74) is 4.21. The molecule has 9 heteroatoms. The van der Waals surface area contributed by atoms with E-state index in [1.54, 1.807) is 10.8 Å². The first-order valence-electron chi connectivity index (χ1n) is 11.6. The highest BCUT2D eigenvalue weighted by Crippen LogP contribution is 2.35. The minimum Gasteiger partial charge on any atom is -0.550 e. The first-order chi connectivity index (χ1) is 17.2. The molecule has 4 rings (SSSR count). The second kappa shape index (κ2) is 11.1. The fourth-order valence-corrected chi connectivity index (χ4v) is 4.98. The van der Waals surface area contributed by atoms with Crippen molar-refractivity contribution in [2.45, 2.75) is 27.2 Å². The zero-order chi connectivity index (χ0) is 25.8. The Morgan fingerprint density at radius 2 is 1.97 bits per heavy atom. The molecule has 0 bridgehead atoms. The number of thioether (sulfide) groups is 1. The number of hydrogen-bond donors (Lipinski definition) is 0. The van der Waals surface area contributed by atoms with Crippen LogP contribution in [0.3, 0.4) is 0 Å². The van der Waals surface area contributed by atoms with Crippen LogP contribution in [-0.4, -0.2) is 44.0 Å². The molecule has 1 amide bonds. The maximum atomic E-state index is 13.0. The Morgan fingerprint density at radius 3 is 2.64 bits per heavy atom. The van der Waals surface area contributed by atoms with Crippen molar-refractivity contribution in [1.29, 1.82) is 0 Å². The smallest absolute Gasteiger partial charge is 0.266 e. The number of benzene rings is 2. The average molecular weight is 521 g/mol. The fraction of sp³-hybridized carbons (Fsp3) is 0.259. The molecule has 0 aliphatic carbocycles. The van der Waals surface area contributed by atoms with Gasteiger partial charge in [0, 0.05) is 36.3 Å². The Labute approximate surface area is 219 Å². The van der Waals surface area contributed by atoms with Crippen LogP contribution in [0.25, 0.3) is 23.0 Å². The molecule has 186 valence electrons. The highest BCUT2D eigenvalue weighted by Gasteiger charge is 2.32. The van der Waals surface area contributed by atoms with Crippen molar-refractivity contribution < 1.29 is 19.4 Å². The minimum atomic E-state index is -1.23. The van der Waals surface area contributed by atoms with E-state index in [0.717, 1.165) is 39.9 Å². The van der Waals surface area contributed by atoms with E-state index in [1.165, 1.54) is 4.90 Å². The molecule has 0 atom stereocenters. The molecule has 1 aliphatic rings. The number of nitrogens with zero attached hydrogens (tertiary/aromatic N) is 3. The highest BCUT2D eigenvalue weighted by atomic mass is 32.2. The van der Waals surface area contributed by atoms with Gasteiger partial charge in [-0.05, 0) is 54.8 Å². The van der Waals surface area contributed by atoms with E-state index >= 15 is 0 Å². The van der Waals surface area contributed by atoms with Crippen LogP contribution in [0.4, 0.5) is 0 Å². The number of aryl methyl sites for hydroxylation is 1. The van der Waals surface area contributed by atoms with Crippen molar-refractivity contribution in [2.75, 3.05) is 13.2 Å². The highest BCUT2D eigenvalue weighted by molar-refractivity contribution is 8.26. The number of hydrogen-bond acceptors (Lipinski definition) is 7. The zero-order valence-electron chi connectivity index (χ0n) is 20.3. The Morgan fingerprint density at radius 1 is 1.22 bits per heavy atom. The number of aromatic nitrogens is 2. The predicted molar refractivity (Wildman–Crippen MR) is 144 cm³/mol. The maximum Gasteiger partial charge on any atom is 0.266 e. The third-order valence-corrected chi connectivity index (χ3v) is 6.86. The van der Waals surface area contributed by atoms with Crippen LogP contribution in [0.1, 0.15) is 31.4 Å². The lowest BCUT2D eigenvalue weighted by molar-refractivity contribution is -0.305. The summed E-state index contributed by atoms with van der Waals surface area (Å²) >= 11 is 6.48. The minimum absolute atomic E-state index is 0.0164. The Hall–Kier alpha value is -3.43. The SMILES string of the molecule is Cc1cc(-c2nn(-c3ccccc3)cc2/C=C2\SC(=S)N(CCC(=O)[O-])C2=O)ccc1OCC(C)C. The van der Waals surface area contributed by atoms with E-state index in [-0.39, 0.29) is 18.9 Å². The lowest BCUT2D eigenvalue weighted by Crippen LogP contribution is -2.33. The van der Waals surface area contributed by atoms with Crippen LogP contribution in [-0.2, 0) is 9.59 Å². The summed E-state index contributed by atoms with van der Waals surface area (Å²) in [5.74, 6) is -0.304. The van der Waals surface area contributed by atoms with Gasteiger partial charge >= 0.3 is 0 Å². The number of carbonyl (C=O) groups is 2. The summed E-state index contributed by atoms with van der Waals surface area (Å²) < 4.78 is 8.03. The first-order valence-corrected chi connectivity index (χ1v) is 12.8. The molecule has 2 heterocycles. The van der Waals surface area contributed by atoms with Crippen molar-refractivity contribution >= 4 is 46.3 Å². The van der Waals surface area contributed by atoms with Crippen LogP contribution >= 0.6 is 24.0 Å². The quantitative estimate of drug-likeness (QED) is 0.308. The van der Waals surface area contributed by atoms with E-state index in [1.807, 2.05) is 61.7 Å². The van der Waals surface area contributed by atoms with Crippen molar-refractivity contribution in [3.63, 3.8) is 0 Å². The van der Waals surface area contributed by atoms with E-state index in [4.69, 9.17) is 22.1 Å². The van der Waals surface area contributed by atoms with Crippen molar-refractivity contribution in [3.05, 3.63) is 70.8 Å². The van der Waals surface area contributed by atoms with Gasteiger partial charge in [0.25, 0.3) is 5.91 Å². The summed E-state index contributed by atoms with van der Waals surface area (Å²) in [5, 5.41) is 15.7. The van der Waals surface area contributed by atoms with Gasteiger partial charge in [-0.15, -0.1) is 0 Å². The number of para-hydroxylation sites is 1. The first kappa shape index (κ1) is 25.7. The number of thiocarbonyl (C=S) groups is 1. The number of aliphatic carboxylic acids is 1. The van der Waals surface area contributed by atoms with Gasteiger partial charge in [0.05, 0.1) is 17.2 Å². The summed E-state index contributed by atoms with van der Waals surface area (Å²) in [4.78, 5) is 25.6. The van der Waals surface area contributed by atoms with Gasteiger partial charge in [0.1, 0.15) is 15.8 Å². The Kier molecular flexibility index (Phi) is 7.91. The molecule has 1 fully saturated rings. The monoisotopic (exact) mass is 520 g/mol. The second-order valence-corrected chi connectivity index (χ2v) is 10.5. The molecule has 0 N–H and O–H groups in total. The number of rotatable bonds is 9. The van der Waals surface area contributed by atoms with Gasteiger partial charge < -0.3 is 14.6 Å². The molecule has 7 nitrogen and oxygen atoms in total. The van der Waals surface area contributed by atoms with E-state index in [9.17, 15) is 14.7 Å². The van der Waals surface area contributed by atoms with E-state index in [2.05, 4.69) is 13.8 Å². The number of carboxylic acid groups (broad SMARTS) is 1. The van der Waals surface area contributed by atoms with Gasteiger partial charge in [0.15, 0.2) is 0 Å². The molecule has 1 aliphatic heterocycles.